The lowest BCUT2D eigenvalue weighted by Crippen LogP contribution is -2.14. The molecule has 1 saturated carbocycles. The predicted octanol–water partition coefficient (Wildman–Crippen LogP) is 3.72. The number of benzene rings is 2. The van der Waals surface area contributed by atoms with Gasteiger partial charge < -0.3 is 10.4 Å². The maximum absolute atomic E-state index is 13.8. The van der Waals surface area contributed by atoms with Crippen molar-refractivity contribution in [2.75, 3.05) is 5.32 Å². The molecule has 0 radical (unpaired) electrons. The van der Waals surface area contributed by atoms with Crippen LogP contribution < -0.4 is 5.32 Å². The van der Waals surface area contributed by atoms with Gasteiger partial charge in [-0.25, -0.2) is 8.78 Å². The number of aryl methyl sites for hydroxylation is 1. The van der Waals surface area contributed by atoms with Crippen LogP contribution in [0.1, 0.15) is 29.9 Å². The van der Waals surface area contributed by atoms with Crippen molar-refractivity contribution in [2.45, 2.75) is 25.2 Å². The number of rotatable bonds is 6. The monoisotopic (exact) mass is 345 g/mol. The van der Waals surface area contributed by atoms with Crippen LogP contribution in [0.15, 0.2) is 42.5 Å². The fourth-order valence-corrected chi connectivity index (χ4v) is 2.87. The summed E-state index contributed by atoms with van der Waals surface area (Å²) in [6.07, 6.45) is 0.963. The SMILES string of the molecule is O=C(O)CCc1ccc(NC(=O)C2CC2c2cc(F)ccc2F)cc1. The zero-order valence-corrected chi connectivity index (χ0v) is 13.3. The molecule has 4 nitrogen and oxygen atoms in total. The zero-order chi connectivity index (χ0) is 18.0. The van der Waals surface area contributed by atoms with Gasteiger partial charge in [-0.15, -0.1) is 0 Å². The fourth-order valence-electron chi connectivity index (χ4n) is 2.87. The second kappa shape index (κ2) is 7.01. The van der Waals surface area contributed by atoms with Crippen LogP contribution in [0.2, 0.25) is 0 Å². The molecule has 2 atom stereocenters. The van der Waals surface area contributed by atoms with E-state index in [1.165, 1.54) is 0 Å². The van der Waals surface area contributed by atoms with Gasteiger partial charge in [0, 0.05) is 18.0 Å². The molecule has 1 amide bonds. The van der Waals surface area contributed by atoms with E-state index in [1.54, 1.807) is 24.3 Å². The minimum Gasteiger partial charge on any atom is -0.481 e. The molecule has 0 heterocycles. The highest BCUT2D eigenvalue weighted by molar-refractivity contribution is 5.95. The number of carbonyl (C=O) groups is 2. The minimum atomic E-state index is -0.860. The van der Waals surface area contributed by atoms with Gasteiger partial charge in [0.25, 0.3) is 0 Å². The number of aliphatic carboxylic acids is 1. The molecule has 2 unspecified atom stereocenters. The van der Waals surface area contributed by atoms with Crippen LogP contribution in [0.4, 0.5) is 14.5 Å². The Morgan fingerprint density at radius 2 is 1.84 bits per heavy atom. The minimum absolute atomic E-state index is 0.0503. The van der Waals surface area contributed by atoms with E-state index in [-0.39, 0.29) is 29.7 Å². The molecular formula is C19H17F2NO3. The van der Waals surface area contributed by atoms with Crippen LogP contribution in [-0.4, -0.2) is 17.0 Å². The number of nitrogens with one attached hydrogen (secondary N) is 1. The van der Waals surface area contributed by atoms with Crippen molar-refractivity contribution < 1.29 is 23.5 Å². The Hall–Kier alpha value is -2.76. The summed E-state index contributed by atoms with van der Waals surface area (Å²) >= 11 is 0. The third-order valence-electron chi connectivity index (χ3n) is 4.33. The van der Waals surface area contributed by atoms with Gasteiger partial charge in [-0.3, -0.25) is 9.59 Å². The van der Waals surface area contributed by atoms with E-state index in [9.17, 15) is 18.4 Å². The third kappa shape index (κ3) is 4.21. The Morgan fingerprint density at radius 1 is 1.12 bits per heavy atom. The van der Waals surface area contributed by atoms with Crippen molar-refractivity contribution in [3.63, 3.8) is 0 Å². The summed E-state index contributed by atoms with van der Waals surface area (Å²) in [6.45, 7) is 0. The topological polar surface area (TPSA) is 66.4 Å². The average molecular weight is 345 g/mol. The summed E-state index contributed by atoms with van der Waals surface area (Å²) in [7, 11) is 0. The maximum Gasteiger partial charge on any atom is 0.303 e. The van der Waals surface area contributed by atoms with Gasteiger partial charge in [-0.1, -0.05) is 12.1 Å². The van der Waals surface area contributed by atoms with Crippen LogP contribution in [0.5, 0.6) is 0 Å². The number of hydrogen-bond acceptors (Lipinski definition) is 2. The first-order valence-corrected chi connectivity index (χ1v) is 8.00. The number of carboxylic acid groups (broad SMARTS) is 1. The van der Waals surface area contributed by atoms with E-state index < -0.39 is 17.6 Å². The first kappa shape index (κ1) is 17.1. The molecule has 1 aliphatic rings. The van der Waals surface area contributed by atoms with Crippen LogP contribution >= 0.6 is 0 Å². The number of amides is 1. The lowest BCUT2D eigenvalue weighted by molar-refractivity contribution is -0.137. The smallest absolute Gasteiger partial charge is 0.303 e. The van der Waals surface area contributed by atoms with Crippen molar-refractivity contribution in [2.24, 2.45) is 5.92 Å². The second-order valence-corrected chi connectivity index (χ2v) is 6.19. The molecule has 130 valence electrons. The lowest BCUT2D eigenvalue weighted by Gasteiger charge is -2.07. The molecule has 1 fully saturated rings. The van der Waals surface area contributed by atoms with Crippen molar-refractivity contribution in [1.29, 1.82) is 0 Å². The Balaban J connectivity index is 1.58. The van der Waals surface area contributed by atoms with E-state index >= 15 is 0 Å². The molecule has 0 aromatic heterocycles. The summed E-state index contributed by atoms with van der Waals surface area (Å²) < 4.78 is 27.0. The van der Waals surface area contributed by atoms with Crippen LogP contribution in [0, 0.1) is 17.6 Å². The molecule has 25 heavy (non-hydrogen) atoms. The second-order valence-electron chi connectivity index (χ2n) is 6.19. The first-order valence-electron chi connectivity index (χ1n) is 8.00. The zero-order valence-electron chi connectivity index (χ0n) is 13.3. The Labute approximate surface area is 143 Å². The largest absolute Gasteiger partial charge is 0.481 e. The summed E-state index contributed by atoms with van der Waals surface area (Å²) in [5, 5.41) is 11.4. The molecule has 0 bridgehead atoms. The van der Waals surface area contributed by atoms with Crippen molar-refractivity contribution in [3.8, 4) is 0 Å². The van der Waals surface area contributed by atoms with Gasteiger partial charge in [0.05, 0.1) is 0 Å². The molecular weight excluding hydrogens is 328 g/mol. The molecule has 1 aliphatic carbocycles. The molecule has 0 aliphatic heterocycles. The van der Waals surface area contributed by atoms with Crippen molar-refractivity contribution in [3.05, 3.63) is 65.2 Å². The van der Waals surface area contributed by atoms with Gasteiger partial charge in [-0.05, 0) is 60.2 Å². The van der Waals surface area contributed by atoms with Crippen LogP contribution in [0.25, 0.3) is 0 Å². The highest BCUT2D eigenvalue weighted by atomic mass is 19.1. The van der Waals surface area contributed by atoms with Crippen molar-refractivity contribution >= 4 is 17.6 Å². The Kier molecular flexibility index (Phi) is 4.79. The predicted molar refractivity (Wildman–Crippen MR) is 88.2 cm³/mol. The Morgan fingerprint density at radius 3 is 2.52 bits per heavy atom. The normalized spacial score (nSPS) is 18.6. The highest BCUT2D eigenvalue weighted by Crippen LogP contribution is 2.48. The quantitative estimate of drug-likeness (QED) is 0.838. The van der Waals surface area contributed by atoms with Crippen LogP contribution in [0.3, 0.4) is 0 Å². The summed E-state index contributed by atoms with van der Waals surface area (Å²) in [5.74, 6) is -2.77. The molecule has 0 saturated heterocycles. The number of halogens is 2. The van der Waals surface area contributed by atoms with Gasteiger partial charge >= 0.3 is 5.97 Å². The molecule has 2 N–H and O–H groups in total. The standard InChI is InChI=1S/C19H17F2NO3/c20-12-4-7-17(21)15(9-12)14-10-16(14)19(25)22-13-5-1-11(2-6-13)3-8-18(23)24/h1-2,4-7,9,14,16H,3,8,10H2,(H,22,25)(H,23,24). The summed E-state index contributed by atoms with van der Waals surface area (Å²) in [5.41, 5.74) is 1.70. The molecule has 6 heteroatoms. The van der Waals surface area contributed by atoms with Gasteiger partial charge in [0.1, 0.15) is 11.6 Å². The van der Waals surface area contributed by atoms with Crippen molar-refractivity contribution in [1.82, 2.24) is 0 Å². The molecule has 2 aromatic carbocycles. The van der Waals surface area contributed by atoms with E-state index in [4.69, 9.17) is 5.11 Å². The highest BCUT2D eigenvalue weighted by Gasteiger charge is 2.45. The number of hydrogen-bond donors (Lipinski definition) is 2. The summed E-state index contributed by atoms with van der Waals surface area (Å²) in [6, 6.07) is 10.2. The average Bonchev–Trinajstić information content (AvgIpc) is 3.37. The van der Waals surface area contributed by atoms with E-state index in [1.807, 2.05) is 0 Å². The first-order chi connectivity index (χ1) is 11.9. The lowest BCUT2D eigenvalue weighted by atomic mass is 10.1. The van der Waals surface area contributed by atoms with E-state index in [2.05, 4.69) is 5.32 Å². The van der Waals surface area contributed by atoms with Gasteiger partial charge in [0.15, 0.2) is 0 Å². The number of anilines is 1. The van der Waals surface area contributed by atoms with Crippen LogP contribution in [-0.2, 0) is 16.0 Å². The maximum atomic E-state index is 13.8. The van der Waals surface area contributed by atoms with E-state index in [0.29, 0.717) is 18.5 Å². The number of carbonyl (C=O) groups excluding carboxylic acids is 1. The fraction of sp³-hybridized carbons (Fsp3) is 0.263. The third-order valence-corrected chi connectivity index (χ3v) is 4.33. The molecule has 3 rings (SSSR count). The summed E-state index contributed by atoms with van der Waals surface area (Å²) in [4.78, 5) is 22.8. The molecule has 2 aromatic rings. The number of carboxylic acids is 1. The van der Waals surface area contributed by atoms with Gasteiger partial charge in [0.2, 0.25) is 5.91 Å². The Bertz CT molecular complexity index is 805. The van der Waals surface area contributed by atoms with Gasteiger partial charge in [-0.2, -0.15) is 0 Å². The van der Waals surface area contributed by atoms with E-state index in [0.717, 1.165) is 23.8 Å². The molecule has 0 spiro atoms.